The number of aliphatic hydroxyl groups is 1. The first-order valence-electron chi connectivity index (χ1n) is 6.42. The molecule has 0 spiro atoms. The third-order valence-electron chi connectivity index (χ3n) is 2.93. The predicted molar refractivity (Wildman–Crippen MR) is 68.9 cm³/mol. The zero-order valence-corrected chi connectivity index (χ0v) is 12.2. The molecule has 7 nitrogen and oxygen atoms in total. The molecular weight excluding hydrogens is 266 g/mol. The van der Waals surface area contributed by atoms with Crippen LogP contribution in [-0.2, 0) is 19.1 Å². The second-order valence-corrected chi connectivity index (χ2v) is 5.72. The van der Waals surface area contributed by atoms with E-state index in [9.17, 15) is 19.5 Å². The highest BCUT2D eigenvalue weighted by Gasteiger charge is 2.39. The Bertz CT molecular complexity index is 400. The summed E-state index contributed by atoms with van der Waals surface area (Å²) in [5.74, 6) is -2.11. The number of carbonyl (C=O) groups excluding carboxylic acids is 3. The topological polar surface area (TPSA) is 93.1 Å². The minimum absolute atomic E-state index is 0.0516. The van der Waals surface area contributed by atoms with Crippen molar-refractivity contribution >= 4 is 17.8 Å². The lowest BCUT2D eigenvalue weighted by Gasteiger charge is -2.34. The molecule has 7 heteroatoms. The fourth-order valence-electron chi connectivity index (χ4n) is 1.91. The van der Waals surface area contributed by atoms with Crippen molar-refractivity contribution in [2.75, 3.05) is 20.2 Å². The van der Waals surface area contributed by atoms with Gasteiger partial charge in [-0.05, 0) is 20.8 Å². The number of ketones is 1. The molecule has 0 bridgehead atoms. The summed E-state index contributed by atoms with van der Waals surface area (Å²) in [6.07, 6.45) is -2.04. The monoisotopic (exact) mass is 287 g/mol. The summed E-state index contributed by atoms with van der Waals surface area (Å²) in [6, 6.07) is 0. The molecule has 1 aliphatic rings. The van der Waals surface area contributed by atoms with E-state index in [1.54, 1.807) is 20.8 Å². The number of hydrogen-bond acceptors (Lipinski definition) is 6. The fraction of sp³-hybridized carbons (Fsp3) is 0.769. The maximum Gasteiger partial charge on any atom is 0.410 e. The van der Waals surface area contributed by atoms with Gasteiger partial charge in [0.05, 0.1) is 13.0 Å². The zero-order valence-electron chi connectivity index (χ0n) is 12.2. The summed E-state index contributed by atoms with van der Waals surface area (Å²) in [7, 11) is 1.13. The molecule has 0 aromatic carbocycles. The van der Waals surface area contributed by atoms with Gasteiger partial charge in [-0.3, -0.25) is 4.79 Å². The van der Waals surface area contributed by atoms with Crippen LogP contribution in [0.3, 0.4) is 0 Å². The van der Waals surface area contributed by atoms with E-state index in [1.165, 1.54) is 4.90 Å². The van der Waals surface area contributed by atoms with Gasteiger partial charge < -0.3 is 19.5 Å². The normalized spacial score (nSPS) is 21.4. The van der Waals surface area contributed by atoms with Crippen LogP contribution in [-0.4, -0.2) is 59.8 Å². The average Bonchev–Trinajstić information content (AvgIpc) is 2.35. The van der Waals surface area contributed by atoms with Gasteiger partial charge in [0, 0.05) is 19.5 Å². The molecule has 1 saturated heterocycles. The molecule has 20 heavy (non-hydrogen) atoms. The van der Waals surface area contributed by atoms with Crippen LogP contribution in [0, 0.1) is 5.92 Å². The molecule has 114 valence electrons. The first-order chi connectivity index (χ1) is 9.15. The number of hydrogen-bond donors (Lipinski definition) is 1. The number of ether oxygens (including phenoxy) is 2. The van der Waals surface area contributed by atoms with Crippen molar-refractivity contribution in [3.63, 3.8) is 0 Å². The van der Waals surface area contributed by atoms with E-state index in [2.05, 4.69) is 4.74 Å². The van der Waals surface area contributed by atoms with Crippen molar-refractivity contribution in [2.24, 2.45) is 5.92 Å². The summed E-state index contributed by atoms with van der Waals surface area (Å²) < 4.78 is 9.62. The molecule has 0 unspecified atom stereocenters. The summed E-state index contributed by atoms with van der Waals surface area (Å²) in [4.78, 5) is 36.3. The lowest BCUT2D eigenvalue weighted by atomic mass is 9.91. The Morgan fingerprint density at radius 2 is 2.00 bits per heavy atom. The van der Waals surface area contributed by atoms with Crippen LogP contribution in [0.15, 0.2) is 0 Å². The van der Waals surface area contributed by atoms with E-state index < -0.39 is 29.7 Å². The highest BCUT2D eigenvalue weighted by atomic mass is 16.6. The number of Topliss-reactive ketones (excluding diaryl/α,β-unsaturated/α-hetero) is 1. The lowest BCUT2D eigenvalue weighted by molar-refractivity contribution is -0.157. The SMILES string of the molecule is COC(=O)[C@H](O)[C@@H]1CN(C(=O)OC(C)(C)C)CCC1=O. The molecule has 1 aliphatic heterocycles. The molecule has 1 amide bonds. The van der Waals surface area contributed by atoms with Gasteiger partial charge in [0.25, 0.3) is 0 Å². The van der Waals surface area contributed by atoms with Crippen LogP contribution in [0.2, 0.25) is 0 Å². The van der Waals surface area contributed by atoms with E-state index in [0.29, 0.717) is 0 Å². The number of rotatable bonds is 2. The van der Waals surface area contributed by atoms with Crippen LogP contribution in [0.25, 0.3) is 0 Å². The van der Waals surface area contributed by atoms with E-state index >= 15 is 0 Å². The third-order valence-corrected chi connectivity index (χ3v) is 2.93. The van der Waals surface area contributed by atoms with E-state index in [0.717, 1.165) is 7.11 Å². The van der Waals surface area contributed by atoms with Gasteiger partial charge in [0.2, 0.25) is 0 Å². The maximum absolute atomic E-state index is 11.9. The van der Waals surface area contributed by atoms with Crippen LogP contribution < -0.4 is 0 Å². The molecule has 1 heterocycles. The van der Waals surface area contributed by atoms with Gasteiger partial charge >= 0.3 is 12.1 Å². The van der Waals surface area contributed by atoms with Crippen LogP contribution in [0.4, 0.5) is 4.79 Å². The summed E-state index contributed by atoms with van der Waals surface area (Å²) in [5, 5.41) is 9.77. The van der Waals surface area contributed by atoms with E-state index in [1.807, 2.05) is 0 Å². The molecular formula is C13H21NO6. The Morgan fingerprint density at radius 1 is 1.40 bits per heavy atom. The first-order valence-corrected chi connectivity index (χ1v) is 6.42. The molecule has 1 fully saturated rings. The van der Waals surface area contributed by atoms with Gasteiger partial charge in [-0.25, -0.2) is 9.59 Å². The Hall–Kier alpha value is -1.63. The van der Waals surface area contributed by atoms with Crippen LogP contribution in [0.1, 0.15) is 27.2 Å². The Labute approximate surface area is 117 Å². The van der Waals surface area contributed by atoms with Crippen LogP contribution >= 0.6 is 0 Å². The predicted octanol–water partition coefficient (Wildman–Crippen LogP) is 0.346. The van der Waals surface area contributed by atoms with Crippen molar-refractivity contribution in [1.82, 2.24) is 4.90 Å². The minimum atomic E-state index is -1.56. The second-order valence-electron chi connectivity index (χ2n) is 5.72. The fourth-order valence-corrected chi connectivity index (χ4v) is 1.91. The number of carbonyl (C=O) groups is 3. The van der Waals surface area contributed by atoms with Crippen molar-refractivity contribution in [2.45, 2.75) is 38.9 Å². The summed E-state index contributed by atoms with van der Waals surface area (Å²) in [5.41, 5.74) is -0.644. The molecule has 2 atom stereocenters. The molecule has 0 aromatic rings. The number of piperidine rings is 1. The van der Waals surface area contributed by atoms with Gasteiger partial charge in [0.1, 0.15) is 11.4 Å². The van der Waals surface area contributed by atoms with E-state index in [4.69, 9.17) is 4.74 Å². The van der Waals surface area contributed by atoms with Gasteiger partial charge in [-0.1, -0.05) is 0 Å². The first kappa shape index (κ1) is 16.4. The highest BCUT2D eigenvalue weighted by Crippen LogP contribution is 2.20. The van der Waals surface area contributed by atoms with Crippen molar-refractivity contribution < 1.29 is 29.0 Å². The largest absolute Gasteiger partial charge is 0.467 e. The van der Waals surface area contributed by atoms with E-state index in [-0.39, 0.29) is 25.3 Å². The van der Waals surface area contributed by atoms with Crippen molar-refractivity contribution in [1.29, 1.82) is 0 Å². The third kappa shape index (κ3) is 4.19. The van der Waals surface area contributed by atoms with Gasteiger partial charge in [-0.2, -0.15) is 0 Å². The molecule has 0 radical (unpaired) electrons. The Balaban J connectivity index is 2.73. The second kappa shape index (κ2) is 6.21. The van der Waals surface area contributed by atoms with Gasteiger partial charge in [0.15, 0.2) is 6.10 Å². The summed E-state index contributed by atoms with van der Waals surface area (Å²) in [6.45, 7) is 5.38. The highest BCUT2D eigenvalue weighted by molar-refractivity contribution is 5.89. The van der Waals surface area contributed by atoms with Gasteiger partial charge in [-0.15, -0.1) is 0 Å². The molecule has 1 rings (SSSR count). The minimum Gasteiger partial charge on any atom is -0.467 e. The Morgan fingerprint density at radius 3 is 2.50 bits per heavy atom. The number of esters is 1. The lowest BCUT2D eigenvalue weighted by Crippen LogP contribution is -2.51. The number of likely N-dealkylation sites (tertiary alicyclic amines) is 1. The standard InChI is InChI=1S/C13H21NO6/c1-13(2,3)20-12(18)14-6-5-9(15)8(7-14)10(16)11(17)19-4/h8,10,16H,5-7H2,1-4H3/t8-,10-/m1/s1. The number of aliphatic hydroxyl groups excluding tert-OH is 1. The van der Waals surface area contributed by atoms with Crippen molar-refractivity contribution in [3.05, 3.63) is 0 Å². The molecule has 0 aromatic heterocycles. The average molecular weight is 287 g/mol. The molecule has 1 N–H and O–H groups in total. The number of amides is 1. The molecule has 0 saturated carbocycles. The smallest absolute Gasteiger partial charge is 0.410 e. The zero-order chi connectivity index (χ0) is 15.5. The molecule has 0 aliphatic carbocycles. The Kier molecular flexibility index (Phi) is 5.10. The summed E-state index contributed by atoms with van der Waals surface area (Å²) >= 11 is 0. The number of nitrogens with zero attached hydrogens (tertiary/aromatic N) is 1. The number of methoxy groups -OCH3 is 1. The van der Waals surface area contributed by atoms with Crippen LogP contribution in [0.5, 0.6) is 0 Å². The maximum atomic E-state index is 11.9. The van der Waals surface area contributed by atoms with Crippen molar-refractivity contribution in [3.8, 4) is 0 Å². The quantitative estimate of drug-likeness (QED) is 0.736.